The predicted octanol–water partition coefficient (Wildman–Crippen LogP) is 4.80. The Kier molecular flexibility index (Phi) is 4.20. The minimum absolute atomic E-state index is 0.0223. The van der Waals surface area contributed by atoms with Gasteiger partial charge in [-0.15, -0.1) is 0 Å². The van der Waals surface area contributed by atoms with E-state index in [0.717, 1.165) is 18.5 Å². The van der Waals surface area contributed by atoms with Crippen molar-refractivity contribution in [2.24, 2.45) is 0 Å². The number of hydrogen-bond acceptors (Lipinski definition) is 4. The third kappa shape index (κ3) is 2.86. The molecule has 28 heavy (non-hydrogen) atoms. The molecule has 0 N–H and O–H groups in total. The van der Waals surface area contributed by atoms with Crippen molar-refractivity contribution in [1.82, 2.24) is 4.98 Å². The van der Waals surface area contributed by atoms with Gasteiger partial charge in [0.2, 0.25) is 0 Å². The van der Waals surface area contributed by atoms with Gasteiger partial charge in [0.15, 0.2) is 0 Å². The number of pyridine rings is 1. The maximum absolute atomic E-state index is 11.7. The van der Waals surface area contributed by atoms with E-state index < -0.39 is 0 Å². The number of rotatable bonds is 3. The Bertz CT molecular complexity index is 937. The average molecular weight is 380 g/mol. The smallest absolute Gasteiger partial charge is 0.339 e. The topological polar surface area (TPSA) is 48.4 Å². The quantitative estimate of drug-likeness (QED) is 0.719. The van der Waals surface area contributed by atoms with E-state index in [1.807, 2.05) is 12.1 Å². The van der Waals surface area contributed by atoms with Crippen molar-refractivity contribution in [3.05, 3.63) is 64.0 Å². The first kappa shape index (κ1) is 19.1. The van der Waals surface area contributed by atoms with E-state index in [-0.39, 0.29) is 22.4 Å². The second kappa shape index (κ2) is 6.15. The maximum atomic E-state index is 11.7. The normalized spacial score (nSPS) is 20.9. The highest BCUT2D eigenvalue weighted by atomic mass is 16.5. The number of ether oxygens (including phenoxy) is 2. The first-order valence-electron chi connectivity index (χ1n) is 9.96. The van der Waals surface area contributed by atoms with Crippen LogP contribution in [0.5, 0.6) is 0 Å². The van der Waals surface area contributed by atoms with Gasteiger partial charge in [0, 0.05) is 17.0 Å². The van der Waals surface area contributed by atoms with Gasteiger partial charge in [0.1, 0.15) is 0 Å². The van der Waals surface area contributed by atoms with Crippen LogP contribution in [0.4, 0.5) is 0 Å². The molecule has 1 aromatic heterocycles. The number of fused-ring (bicyclic) bond motifs is 1. The molecule has 2 heterocycles. The van der Waals surface area contributed by atoms with Crippen molar-refractivity contribution in [1.29, 1.82) is 0 Å². The first-order chi connectivity index (χ1) is 13.1. The number of aryl methyl sites for hydroxylation is 1. The van der Waals surface area contributed by atoms with E-state index in [4.69, 9.17) is 9.47 Å². The predicted molar refractivity (Wildman–Crippen MR) is 109 cm³/mol. The molecular weight excluding hydrogens is 350 g/mol. The van der Waals surface area contributed by atoms with Gasteiger partial charge in [0.05, 0.1) is 30.6 Å². The number of carbonyl (C=O) groups is 1. The molecule has 1 aliphatic carbocycles. The van der Waals surface area contributed by atoms with Crippen molar-refractivity contribution in [3.8, 4) is 0 Å². The van der Waals surface area contributed by atoms with Crippen molar-refractivity contribution < 1.29 is 14.3 Å². The summed E-state index contributed by atoms with van der Waals surface area (Å²) in [5.41, 5.74) is 6.48. The Labute approximate surface area is 167 Å². The number of aromatic nitrogens is 1. The van der Waals surface area contributed by atoms with Crippen LogP contribution < -0.4 is 0 Å². The minimum atomic E-state index is -0.349. The Balaban J connectivity index is 1.80. The molecular formula is C24H29NO3. The fourth-order valence-corrected chi connectivity index (χ4v) is 4.50. The zero-order valence-corrected chi connectivity index (χ0v) is 17.7. The molecule has 0 radical (unpaired) electrons. The van der Waals surface area contributed by atoms with Gasteiger partial charge in [-0.05, 0) is 68.0 Å². The number of esters is 1. The van der Waals surface area contributed by atoms with Crippen molar-refractivity contribution in [3.63, 3.8) is 0 Å². The SMILES string of the molecule is COC(=O)c1ccc(C2(c3cc4c(cc3C)C(C)(C)OCC4(C)C)CC2)nc1. The molecule has 148 valence electrons. The number of methoxy groups -OCH3 is 1. The molecule has 1 aliphatic heterocycles. The van der Waals surface area contributed by atoms with E-state index in [1.165, 1.54) is 29.4 Å². The summed E-state index contributed by atoms with van der Waals surface area (Å²) in [6.07, 6.45) is 3.80. The summed E-state index contributed by atoms with van der Waals surface area (Å²) in [5, 5.41) is 0. The molecule has 4 rings (SSSR count). The summed E-state index contributed by atoms with van der Waals surface area (Å²) in [5.74, 6) is -0.349. The van der Waals surface area contributed by atoms with Gasteiger partial charge in [-0.25, -0.2) is 4.79 Å². The second-order valence-electron chi connectivity index (χ2n) is 9.40. The summed E-state index contributed by atoms with van der Waals surface area (Å²) in [6, 6.07) is 8.52. The maximum Gasteiger partial charge on any atom is 0.339 e. The van der Waals surface area contributed by atoms with Crippen LogP contribution in [0.1, 0.15) is 78.8 Å². The Morgan fingerprint density at radius 1 is 1.07 bits per heavy atom. The fourth-order valence-electron chi connectivity index (χ4n) is 4.50. The lowest BCUT2D eigenvalue weighted by Crippen LogP contribution is -2.40. The lowest BCUT2D eigenvalue weighted by molar-refractivity contribution is -0.0588. The summed E-state index contributed by atoms with van der Waals surface area (Å²) in [7, 11) is 1.39. The molecule has 0 saturated heterocycles. The highest BCUT2D eigenvalue weighted by Gasteiger charge is 2.49. The molecule has 1 aromatic carbocycles. The molecule has 1 fully saturated rings. The van der Waals surface area contributed by atoms with Crippen molar-refractivity contribution in [2.75, 3.05) is 13.7 Å². The summed E-state index contributed by atoms with van der Waals surface area (Å²) in [4.78, 5) is 16.4. The molecule has 1 saturated carbocycles. The summed E-state index contributed by atoms with van der Waals surface area (Å²) in [6.45, 7) is 11.7. The van der Waals surface area contributed by atoms with Gasteiger partial charge in [-0.3, -0.25) is 4.98 Å². The van der Waals surface area contributed by atoms with Crippen LogP contribution in [0.25, 0.3) is 0 Å². The molecule has 0 bridgehead atoms. The molecule has 2 aromatic rings. The van der Waals surface area contributed by atoms with Crippen LogP contribution >= 0.6 is 0 Å². The zero-order valence-electron chi connectivity index (χ0n) is 17.7. The van der Waals surface area contributed by atoms with Crippen LogP contribution in [0.3, 0.4) is 0 Å². The Morgan fingerprint density at radius 2 is 1.79 bits per heavy atom. The summed E-state index contributed by atoms with van der Waals surface area (Å²) >= 11 is 0. The van der Waals surface area contributed by atoms with Gasteiger partial charge in [-0.1, -0.05) is 26.0 Å². The third-order valence-corrected chi connectivity index (χ3v) is 6.48. The van der Waals surface area contributed by atoms with Crippen molar-refractivity contribution >= 4 is 5.97 Å². The van der Waals surface area contributed by atoms with E-state index >= 15 is 0 Å². The van der Waals surface area contributed by atoms with Gasteiger partial charge in [0.25, 0.3) is 0 Å². The van der Waals surface area contributed by atoms with Crippen LogP contribution in [0, 0.1) is 6.92 Å². The Hall–Kier alpha value is -2.20. The number of nitrogens with zero attached hydrogens (tertiary/aromatic N) is 1. The lowest BCUT2D eigenvalue weighted by atomic mass is 9.72. The van der Waals surface area contributed by atoms with E-state index in [2.05, 4.69) is 51.7 Å². The molecule has 0 amide bonds. The molecule has 0 unspecified atom stereocenters. The van der Waals surface area contributed by atoms with Crippen LogP contribution in [0.15, 0.2) is 30.5 Å². The van der Waals surface area contributed by atoms with Crippen LogP contribution in [-0.2, 0) is 25.9 Å². The van der Waals surface area contributed by atoms with Gasteiger partial charge >= 0.3 is 5.97 Å². The van der Waals surface area contributed by atoms with Crippen molar-refractivity contribution in [2.45, 2.75) is 63.9 Å². The zero-order chi connectivity index (χ0) is 20.3. The second-order valence-corrected chi connectivity index (χ2v) is 9.40. The van der Waals surface area contributed by atoms with Crippen LogP contribution in [-0.4, -0.2) is 24.7 Å². The average Bonchev–Trinajstić information content (AvgIpc) is 3.46. The minimum Gasteiger partial charge on any atom is -0.465 e. The number of benzene rings is 1. The molecule has 0 spiro atoms. The molecule has 4 nitrogen and oxygen atoms in total. The highest BCUT2D eigenvalue weighted by Crippen LogP contribution is 2.55. The monoisotopic (exact) mass is 379 g/mol. The fraction of sp³-hybridized carbons (Fsp3) is 0.500. The van der Waals surface area contributed by atoms with E-state index in [0.29, 0.717) is 12.2 Å². The first-order valence-corrected chi connectivity index (χ1v) is 9.96. The molecule has 2 aliphatic rings. The summed E-state index contributed by atoms with van der Waals surface area (Å²) < 4.78 is 11.0. The van der Waals surface area contributed by atoms with Crippen LogP contribution in [0.2, 0.25) is 0 Å². The largest absolute Gasteiger partial charge is 0.465 e. The molecule has 4 heteroatoms. The standard InChI is InChI=1S/C24H29NO3/c1-15-11-19-18(22(2,3)14-28-23(19,4)5)12-17(15)24(9-10-24)20-8-7-16(13-25-20)21(26)27-6/h7-8,11-13H,9-10,14H2,1-6H3. The number of carbonyl (C=O) groups excluding carboxylic acids is 1. The number of hydrogen-bond donors (Lipinski definition) is 0. The molecule has 0 atom stereocenters. The van der Waals surface area contributed by atoms with E-state index in [1.54, 1.807) is 6.20 Å². The third-order valence-electron chi connectivity index (χ3n) is 6.48. The van der Waals surface area contributed by atoms with Gasteiger partial charge in [-0.2, -0.15) is 0 Å². The van der Waals surface area contributed by atoms with E-state index in [9.17, 15) is 4.79 Å². The lowest BCUT2D eigenvalue weighted by Gasteiger charge is -2.42. The Morgan fingerprint density at radius 3 is 2.36 bits per heavy atom. The highest BCUT2D eigenvalue weighted by molar-refractivity contribution is 5.88. The van der Waals surface area contributed by atoms with Gasteiger partial charge < -0.3 is 9.47 Å².